The maximum absolute atomic E-state index is 13.0. The Labute approximate surface area is 227 Å². The Hall–Kier alpha value is -2.97. The van der Waals surface area contributed by atoms with Crippen molar-refractivity contribution in [3.8, 4) is 5.75 Å². The third kappa shape index (κ3) is 5.65. The van der Waals surface area contributed by atoms with E-state index in [1.807, 2.05) is 19.1 Å². The average Bonchev–Trinajstić information content (AvgIpc) is 3.08. The molecule has 9 heteroatoms. The van der Waals surface area contributed by atoms with Gasteiger partial charge >= 0.3 is 0 Å². The van der Waals surface area contributed by atoms with E-state index in [1.165, 1.54) is 5.56 Å². The summed E-state index contributed by atoms with van der Waals surface area (Å²) in [5.41, 5.74) is 3.53. The molecule has 1 N–H and O–H groups in total. The third-order valence-electron chi connectivity index (χ3n) is 6.73. The number of nitrogens with zero attached hydrogens (tertiary/aromatic N) is 2. The molecular formula is C28H32ClN3O4S. The van der Waals surface area contributed by atoms with Crippen LogP contribution in [0.15, 0.2) is 41.3 Å². The minimum absolute atomic E-state index is 0.0144. The number of fused-ring (bicyclic) bond motifs is 1. The Morgan fingerprint density at radius 1 is 1.22 bits per heavy atom. The van der Waals surface area contributed by atoms with Crippen LogP contribution in [0.1, 0.15) is 58.1 Å². The Kier molecular flexibility index (Phi) is 7.90. The molecule has 3 amide bonds. The van der Waals surface area contributed by atoms with Crippen molar-refractivity contribution >= 4 is 57.9 Å². The lowest BCUT2D eigenvalue weighted by Crippen LogP contribution is -2.48. The third-order valence-corrected chi connectivity index (χ3v) is 7.97. The maximum Gasteiger partial charge on any atom is 0.294 e. The Morgan fingerprint density at radius 2 is 1.92 bits per heavy atom. The molecule has 2 aromatic rings. The van der Waals surface area contributed by atoms with Gasteiger partial charge < -0.3 is 15.0 Å². The van der Waals surface area contributed by atoms with Crippen LogP contribution in [-0.4, -0.2) is 47.2 Å². The molecule has 0 aliphatic carbocycles. The van der Waals surface area contributed by atoms with E-state index in [1.54, 1.807) is 30.3 Å². The summed E-state index contributed by atoms with van der Waals surface area (Å²) in [7, 11) is 0. The summed E-state index contributed by atoms with van der Waals surface area (Å²) < 4.78 is 5.40. The van der Waals surface area contributed by atoms with Gasteiger partial charge in [-0.15, -0.1) is 0 Å². The van der Waals surface area contributed by atoms with Gasteiger partial charge in [0.25, 0.3) is 11.1 Å². The van der Waals surface area contributed by atoms with Gasteiger partial charge in [-0.3, -0.25) is 19.3 Å². The summed E-state index contributed by atoms with van der Waals surface area (Å²) in [5.74, 6) is 0.0436. The molecule has 0 spiro atoms. The number of anilines is 2. The van der Waals surface area contributed by atoms with Crippen molar-refractivity contribution in [1.82, 2.24) is 4.90 Å². The number of hydrogen-bond donors (Lipinski definition) is 1. The zero-order valence-electron chi connectivity index (χ0n) is 21.8. The number of carbonyl (C=O) groups is 3. The molecule has 0 radical (unpaired) electrons. The van der Waals surface area contributed by atoms with Crippen LogP contribution in [0.3, 0.4) is 0 Å². The molecule has 0 aromatic heterocycles. The molecule has 1 unspecified atom stereocenters. The van der Waals surface area contributed by atoms with Crippen molar-refractivity contribution in [1.29, 1.82) is 0 Å². The maximum atomic E-state index is 13.0. The fourth-order valence-electron chi connectivity index (χ4n) is 5.15. The van der Waals surface area contributed by atoms with E-state index in [0.717, 1.165) is 35.3 Å². The predicted molar refractivity (Wildman–Crippen MR) is 151 cm³/mol. The van der Waals surface area contributed by atoms with E-state index < -0.39 is 17.1 Å². The fourth-order valence-corrected chi connectivity index (χ4v) is 6.19. The molecule has 2 aliphatic heterocycles. The summed E-state index contributed by atoms with van der Waals surface area (Å²) >= 11 is 7.48. The van der Waals surface area contributed by atoms with Gasteiger partial charge in [0.2, 0.25) is 5.91 Å². The second-order valence-electron chi connectivity index (χ2n) is 9.87. The number of nitrogens with one attached hydrogen (secondary N) is 1. The van der Waals surface area contributed by atoms with Crippen LogP contribution in [0.25, 0.3) is 6.08 Å². The molecule has 37 heavy (non-hydrogen) atoms. The SMILES string of the molecule is CCOc1ccc(NC(=O)CN2C(=O)S/C(=C/c3cc4c(cc3Cl)N(CC)C(C)(C)CC4C)C2=O)cc1. The number of halogens is 1. The number of rotatable bonds is 7. The van der Waals surface area contributed by atoms with E-state index in [-0.39, 0.29) is 17.0 Å². The van der Waals surface area contributed by atoms with Crippen LogP contribution in [0.2, 0.25) is 5.02 Å². The van der Waals surface area contributed by atoms with E-state index in [4.69, 9.17) is 16.3 Å². The quantitative estimate of drug-likeness (QED) is 0.402. The first-order valence-electron chi connectivity index (χ1n) is 12.4. The summed E-state index contributed by atoms with van der Waals surface area (Å²) in [6.07, 6.45) is 2.65. The van der Waals surface area contributed by atoms with Gasteiger partial charge in [0, 0.05) is 28.5 Å². The first-order chi connectivity index (χ1) is 17.5. The first-order valence-corrected chi connectivity index (χ1v) is 13.6. The molecule has 0 bridgehead atoms. The summed E-state index contributed by atoms with van der Waals surface area (Å²) in [5, 5.41) is 2.74. The minimum atomic E-state index is -0.505. The van der Waals surface area contributed by atoms with Gasteiger partial charge in [0.1, 0.15) is 12.3 Å². The number of carbonyl (C=O) groups excluding carboxylic acids is 3. The Morgan fingerprint density at radius 3 is 2.57 bits per heavy atom. The molecular weight excluding hydrogens is 510 g/mol. The summed E-state index contributed by atoms with van der Waals surface area (Å²) in [6.45, 7) is 11.7. The molecule has 1 atom stereocenters. The van der Waals surface area contributed by atoms with E-state index in [9.17, 15) is 14.4 Å². The zero-order valence-corrected chi connectivity index (χ0v) is 23.3. The van der Waals surface area contributed by atoms with Gasteiger partial charge in [-0.25, -0.2) is 0 Å². The van der Waals surface area contributed by atoms with Crippen molar-refractivity contribution in [3.05, 3.63) is 57.5 Å². The number of ether oxygens (including phenoxy) is 1. The Bertz CT molecular complexity index is 1260. The topological polar surface area (TPSA) is 79.0 Å². The fraction of sp³-hybridized carbons (Fsp3) is 0.393. The number of hydrogen-bond acceptors (Lipinski definition) is 6. The van der Waals surface area contributed by atoms with Crippen LogP contribution in [0.4, 0.5) is 16.2 Å². The van der Waals surface area contributed by atoms with Gasteiger partial charge in [-0.2, -0.15) is 0 Å². The highest BCUT2D eigenvalue weighted by Gasteiger charge is 2.38. The average molecular weight is 542 g/mol. The van der Waals surface area contributed by atoms with Crippen molar-refractivity contribution in [3.63, 3.8) is 0 Å². The second-order valence-corrected chi connectivity index (χ2v) is 11.3. The number of thioether (sulfide) groups is 1. The lowest BCUT2D eigenvalue weighted by molar-refractivity contribution is -0.127. The highest BCUT2D eigenvalue weighted by atomic mass is 35.5. The molecule has 2 heterocycles. The van der Waals surface area contributed by atoms with Crippen LogP contribution < -0.4 is 15.0 Å². The standard InChI is InChI=1S/C28H32ClN3O4S/c1-6-32-23-14-22(29)18(12-21(23)17(3)15-28(32,4)5)13-24-26(34)31(27(35)37-24)16-25(33)30-19-8-10-20(11-9-19)36-7-2/h8-14,17H,6-7,15-16H2,1-5H3,(H,30,33)/b24-13+. The van der Waals surface area contributed by atoms with Gasteiger partial charge in [-0.05, 0) is 105 Å². The van der Waals surface area contributed by atoms with E-state index in [2.05, 4.69) is 37.9 Å². The van der Waals surface area contributed by atoms with Gasteiger partial charge in [0.15, 0.2) is 0 Å². The van der Waals surface area contributed by atoms with Crippen LogP contribution >= 0.6 is 23.4 Å². The normalized spacial score (nSPS) is 19.8. The zero-order chi connectivity index (χ0) is 26.9. The van der Waals surface area contributed by atoms with Gasteiger partial charge in [-0.1, -0.05) is 18.5 Å². The van der Waals surface area contributed by atoms with Crippen LogP contribution in [0.5, 0.6) is 5.75 Å². The molecule has 2 aromatic carbocycles. The molecule has 7 nitrogen and oxygen atoms in total. The largest absolute Gasteiger partial charge is 0.494 e. The van der Waals surface area contributed by atoms with Crippen molar-refractivity contribution in [2.24, 2.45) is 0 Å². The lowest BCUT2D eigenvalue weighted by Gasteiger charge is -2.47. The minimum Gasteiger partial charge on any atom is -0.494 e. The molecule has 0 saturated carbocycles. The molecule has 2 aliphatic rings. The number of imide groups is 1. The van der Waals surface area contributed by atoms with Crippen LogP contribution in [0, 0.1) is 0 Å². The molecule has 196 valence electrons. The Balaban J connectivity index is 1.51. The highest BCUT2D eigenvalue weighted by molar-refractivity contribution is 8.18. The summed E-state index contributed by atoms with van der Waals surface area (Å²) in [6, 6.07) is 10.9. The first kappa shape index (κ1) is 27.1. The van der Waals surface area contributed by atoms with Crippen molar-refractivity contribution < 1.29 is 19.1 Å². The van der Waals surface area contributed by atoms with Crippen molar-refractivity contribution in [2.45, 2.75) is 52.5 Å². The molecule has 4 rings (SSSR count). The molecule has 1 fully saturated rings. The van der Waals surface area contributed by atoms with E-state index in [0.29, 0.717) is 34.5 Å². The van der Waals surface area contributed by atoms with Crippen LogP contribution in [-0.2, 0) is 9.59 Å². The second kappa shape index (κ2) is 10.8. The predicted octanol–water partition coefficient (Wildman–Crippen LogP) is 6.53. The lowest BCUT2D eigenvalue weighted by atomic mass is 9.79. The monoisotopic (exact) mass is 541 g/mol. The number of amides is 3. The van der Waals surface area contributed by atoms with Crippen molar-refractivity contribution in [2.75, 3.05) is 29.9 Å². The van der Waals surface area contributed by atoms with E-state index >= 15 is 0 Å². The smallest absolute Gasteiger partial charge is 0.294 e. The van der Waals surface area contributed by atoms with Gasteiger partial charge in [0.05, 0.1) is 11.5 Å². The highest BCUT2D eigenvalue weighted by Crippen LogP contribution is 2.45. The number of benzene rings is 2. The summed E-state index contributed by atoms with van der Waals surface area (Å²) in [4.78, 5) is 41.8. The molecule has 1 saturated heterocycles.